The summed E-state index contributed by atoms with van der Waals surface area (Å²) < 4.78 is 1.29. The monoisotopic (exact) mass is 336 g/mol. The molecule has 3 aromatic rings. The standard InChI is InChI=1S/C17H13ClN2O3.Li.H/c1-20-12-9-5-8-11(18)13(12)15(21)14(17(20)23)16(22)19-10-6-3-2-4-7-10;;/h2-9,21H,1H3,(H,19,22);;. The van der Waals surface area contributed by atoms with E-state index in [0.29, 0.717) is 11.2 Å². The summed E-state index contributed by atoms with van der Waals surface area (Å²) in [5.74, 6) is -1.10. The number of rotatable bonds is 2. The zero-order valence-corrected chi connectivity index (χ0v) is 13.0. The first-order valence-corrected chi connectivity index (χ1v) is 7.25. The zero-order valence-electron chi connectivity index (χ0n) is 12.2. The number of hydrogen-bond donors (Lipinski definition) is 2. The van der Waals surface area contributed by atoms with Crippen molar-refractivity contribution in [3.05, 3.63) is 69.5 Å². The van der Waals surface area contributed by atoms with Crippen molar-refractivity contribution in [3.8, 4) is 5.75 Å². The van der Waals surface area contributed by atoms with Gasteiger partial charge in [0.05, 0.1) is 15.9 Å². The molecule has 0 saturated heterocycles. The van der Waals surface area contributed by atoms with Crippen LogP contribution in [0.5, 0.6) is 5.75 Å². The van der Waals surface area contributed by atoms with Gasteiger partial charge in [0.1, 0.15) is 11.3 Å². The SMILES string of the molecule is Cn1c(=O)c(C(=O)Nc2ccccc2)c(O)c2c(Cl)cccc21.[LiH]. The molecule has 2 N–H and O–H groups in total. The van der Waals surface area contributed by atoms with Gasteiger partial charge in [-0.1, -0.05) is 35.9 Å². The van der Waals surface area contributed by atoms with Gasteiger partial charge < -0.3 is 15.0 Å². The van der Waals surface area contributed by atoms with Crippen molar-refractivity contribution < 1.29 is 9.90 Å². The number of pyridine rings is 1. The number of fused-ring (bicyclic) bond motifs is 1. The van der Waals surface area contributed by atoms with Crippen LogP contribution in [-0.2, 0) is 7.05 Å². The maximum atomic E-state index is 12.4. The van der Waals surface area contributed by atoms with E-state index in [4.69, 9.17) is 11.6 Å². The molecule has 0 saturated carbocycles. The molecule has 1 heterocycles. The quantitative estimate of drug-likeness (QED) is 0.706. The van der Waals surface area contributed by atoms with Gasteiger partial charge in [-0.05, 0) is 24.3 Å². The number of nitrogens with one attached hydrogen (secondary N) is 1. The predicted octanol–water partition coefficient (Wildman–Crippen LogP) is 2.50. The predicted molar refractivity (Wildman–Crippen MR) is 97.4 cm³/mol. The van der Waals surface area contributed by atoms with Crippen molar-refractivity contribution in [1.82, 2.24) is 4.57 Å². The van der Waals surface area contributed by atoms with Crippen molar-refractivity contribution in [2.45, 2.75) is 0 Å². The molecular formula is C17H14ClLiN2O3. The fraction of sp³-hybridized carbons (Fsp3) is 0.0588. The Labute approximate surface area is 155 Å². The third kappa shape index (κ3) is 3.07. The van der Waals surface area contributed by atoms with Crippen LogP contribution in [-0.4, -0.2) is 34.4 Å². The van der Waals surface area contributed by atoms with Crippen LogP contribution in [0.15, 0.2) is 53.3 Å². The van der Waals surface area contributed by atoms with Crippen molar-refractivity contribution >= 4 is 53.0 Å². The van der Waals surface area contributed by atoms with Crippen LogP contribution in [0.1, 0.15) is 10.4 Å². The molecule has 0 radical (unpaired) electrons. The minimum absolute atomic E-state index is 0. The topological polar surface area (TPSA) is 71.3 Å². The van der Waals surface area contributed by atoms with Gasteiger partial charge in [-0.25, -0.2) is 0 Å². The molecule has 0 unspecified atom stereocenters. The summed E-state index contributed by atoms with van der Waals surface area (Å²) >= 11 is 6.12. The van der Waals surface area contributed by atoms with Crippen molar-refractivity contribution in [3.63, 3.8) is 0 Å². The number of aromatic hydroxyl groups is 1. The Morgan fingerprint density at radius 3 is 2.46 bits per heavy atom. The number of benzene rings is 2. The van der Waals surface area contributed by atoms with Crippen molar-refractivity contribution in [2.75, 3.05) is 5.32 Å². The molecule has 2 aromatic carbocycles. The van der Waals surface area contributed by atoms with Gasteiger partial charge >= 0.3 is 18.9 Å². The number of carbonyl (C=O) groups excluding carboxylic acids is 1. The van der Waals surface area contributed by atoms with Crippen LogP contribution in [0.4, 0.5) is 5.69 Å². The molecule has 0 aliphatic rings. The summed E-state index contributed by atoms with van der Waals surface area (Å²) in [7, 11) is 1.53. The van der Waals surface area contributed by atoms with Crippen molar-refractivity contribution in [2.24, 2.45) is 7.05 Å². The molecule has 0 spiro atoms. The van der Waals surface area contributed by atoms with E-state index in [1.165, 1.54) is 11.6 Å². The van der Waals surface area contributed by atoms with E-state index in [1.807, 2.05) is 6.07 Å². The number of amides is 1. The van der Waals surface area contributed by atoms with Gasteiger partial charge in [0, 0.05) is 12.7 Å². The Bertz CT molecular complexity index is 971. The molecule has 118 valence electrons. The first-order chi connectivity index (χ1) is 11.0. The molecule has 0 fully saturated rings. The normalized spacial score (nSPS) is 10.2. The molecule has 7 heteroatoms. The van der Waals surface area contributed by atoms with Gasteiger partial charge in [-0.2, -0.15) is 0 Å². The number of anilines is 1. The van der Waals surface area contributed by atoms with Gasteiger partial charge in [0.25, 0.3) is 11.5 Å². The molecule has 24 heavy (non-hydrogen) atoms. The second-order valence-electron chi connectivity index (χ2n) is 5.04. The summed E-state index contributed by atoms with van der Waals surface area (Å²) in [6.07, 6.45) is 0. The summed E-state index contributed by atoms with van der Waals surface area (Å²) in [5, 5.41) is 13.6. The first-order valence-electron chi connectivity index (χ1n) is 6.87. The fourth-order valence-corrected chi connectivity index (χ4v) is 2.71. The maximum absolute atomic E-state index is 12.4. The molecular weight excluding hydrogens is 323 g/mol. The van der Waals surface area contributed by atoms with Crippen LogP contribution in [0.2, 0.25) is 5.02 Å². The second kappa shape index (κ2) is 7.14. The molecule has 3 rings (SSSR count). The number of aromatic nitrogens is 1. The van der Waals surface area contributed by atoms with Crippen LogP contribution in [0.25, 0.3) is 10.9 Å². The van der Waals surface area contributed by atoms with E-state index in [9.17, 15) is 14.7 Å². The van der Waals surface area contributed by atoms with Crippen LogP contribution < -0.4 is 10.9 Å². The average molecular weight is 337 g/mol. The van der Waals surface area contributed by atoms with Crippen molar-refractivity contribution in [1.29, 1.82) is 0 Å². The number of para-hydroxylation sites is 1. The molecule has 0 bridgehead atoms. The zero-order chi connectivity index (χ0) is 16.6. The summed E-state index contributed by atoms with van der Waals surface area (Å²) in [6.45, 7) is 0. The van der Waals surface area contributed by atoms with E-state index in [1.54, 1.807) is 42.5 Å². The summed E-state index contributed by atoms with van der Waals surface area (Å²) in [4.78, 5) is 24.9. The van der Waals surface area contributed by atoms with Gasteiger partial charge in [0.15, 0.2) is 0 Å². The Hall–Kier alpha value is -2.19. The van der Waals surface area contributed by atoms with Gasteiger partial charge in [-0.15, -0.1) is 0 Å². The van der Waals surface area contributed by atoms with Crippen LogP contribution >= 0.6 is 11.6 Å². The number of carbonyl (C=O) groups is 1. The number of halogens is 1. The van der Waals surface area contributed by atoms with Gasteiger partial charge in [-0.3, -0.25) is 9.59 Å². The van der Waals surface area contributed by atoms with E-state index >= 15 is 0 Å². The van der Waals surface area contributed by atoms with E-state index in [2.05, 4.69) is 5.32 Å². The number of hydrogen-bond acceptors (Lipinski definition) is 3. The van der Waals surface area contributed by atoms with Crippen LogP contribution in [0, 0.1) is 0 Å². The Morgan fingerprint density at radius 1 is 1.12 bits per heavy atom. The van der Waals surface area contributed by atoms with Gasteiger partial charge in [0.2, 0.25) is 0 Å². The Kier molecular flexibility index (Phi) is 5.40. The minimum atomic E-state index is -0.684. The molecule has 1 amide bonds. The van der Waals surface area contributed by atoms with Crippen LogP contribution in [0.3, 0.4) is 0 Å². The molecule has 0 aliphatic carbocycles. The first kappa shape index (κ1) is 18.2. The third-order valence-corrected chi connectivity index (χ3v) is 3.92. The van der Waals surface area contributed by atoms with E-state index in [0.717, 1.165) is 0 Å². The fourth-order valence-electron chi connectivity index (χ4n) is 2.45. The second-order valence-corrected chi connectivity index (χ2v) is 5.45. The molecule has 1 aromatic heterocycles. The molecule has 0 atom stereocenters. The average Bonchev–Trinajstić information content (AvgIpc) is 2.53. The van der Waals surface area contributed by atoms with E-state index in [-0.39, 0.29) is 34.8 Å². The summed E-state index contributed by atoms with van der Waals surface area (Å²) in [5.41, 5.74) is 0.0529. The Balaban J connectivity index is 0.00000208. The third-order valence-electron chi connectivity index (χ3n) is 3.60. The Morgan fingerprint density at radius 2 is 1.79 bits per heavy atom. The number of aryl methyl sites for hydroxylation is 1. The van der Waals surface area contributed by atoms with E-state index < -0.39 is 17.2 Å². The summed E-state index contributed by atoms with van der Waals surface area (Å²) in [6, 6.07) is 13.6. The molecule has 5 nitrogen and oxygen atoms in total. The molecule has 0 aliphatic heterocycles. The number of nitrogens with zero attached hydrogens (tertiary/aromatic N) is 1.